The molecule has 2 aromatic carbocycles. The Balaban J connectivity index is 2.68. The van der Waals surface area contributed by atoms with E-state index < -0.39 is 0 Å². The molecule has 0 aliphatic rings. The second-order valence-corrected chi connectivity index (χ2v) is 3.85. The van der Waals surface area contributed by atoms with Gasteiger partial charge in [-0.15, -0.1) is 0 Å². The Kier molecular flexibility index (Phi) is 3.48. The van der Waals surface area contributed by atoms with Gasteiger partial charge in [0.05, 0.1) is 19.8 Å². The number of carbonyl (C=O) groups excluding carboxylic acids is 1. The van der Waals surface area contributed by atoms with Crippen LogP contribution in [0.2, 0.25) is 0 Å². The quantitative estimate of drug-likeness (QED) is 0.780. The lowest BCUT2D eigenvalue weighted by Crippen LogP contribution is -2.26. The summed E-state index contributed by atoms with van der Waals surface area (Å²) in [6, 6.07) is 11.4. The minimum Gasteiger partial charge on any atom is -0.496 e. The van der Waals surface area contributed by atoms with Crippen LogP contribution in [0, 0.1) is 0 Å². The van der Waals surface area contributed by atoms with Crippen molar-refractivity contribution in [1.82, 2.24) is 5.06 Å². The molecule has 0 saturated carbocycles. The summed E-state index contributed by atoms with van der Waals surface area (Å²) in [5, 5.41) is 3.03. The van der Waals surface area contributed by atoms with Gasteiger partial charge in [-0.1, -0.05) is 30.3 Å². The third kappa shape index (κ3) is 2.02. The number of hydroxylamine groups is 2. The fraction of sp³-hybridized carbons (Fsp3) is 0.214. The molecule has 0 fully saturated rings. The fourth-order valence-corrected chi connectivity index (χ4v) is 1.88. The summed E-state index contributed by atoms with van der Waals surface area (Å²) in [4.78, 5) is 17.2. The topological polar surface area (TPSA) is 38.8 Å². The van der Waals surface area contributed by atoms with Crippen LogP contribution in [0.15, 0.2) is 36.4 Å². The van der Waals surface area contributed by atoms with E-state index in [1.165, 1.54) is 12.2 Å². The van der Waals surface area contributed by atoms with Gasteiger partial charge in [0.1, 0.15) is 5.75 Å². The van der Waals surface area contributed by atoms with Gasteiger partial charge in [0, 0.05) is 7.05 Å². The minimum absolute atomic E-state index is 0.230. The van der Waals surface area contributed by atoms with E-state index in [0.29, 0.717) is 11.3 Å². The molecule has 2 aromatic rings. The van der Waals surface area contributed by atoms with Crippen molar-refractivity contribution < 1.29 is 14.4 Å². The molecule has 0 aromatic heterocycles. The number of methoxy groups -OCH3 is 1. The maximum atomic E-state index is 12.3. The molecule has 1 amide bonds. The van der Waals surface area contributed by atoms with Gasteiger partial charge >= 0.3 is 0 Å². The van der Waals surface area contributed by atoms with Gasteiger partial charge in [-0.25, -0.2) is 5.06 Å². The number of ether oxygens (including phenoxy) is 1. The van der Waals surface area contributed by atoms with E-state index in [0.717, 1.165) is 10.8 Å². The average Bonchev–Trinajstić information content (AvgIpc) is 2.44. The van der Waals surface area contributed by atoms with Crippen LogP contribution < -0.4 is 4.74 Å². The van der Waals surface area contributed by atoms with Crippen LogP contribution in [-0.4, -0.2) is 32.2 Å². The number of amides is 1. The zero-order valence-electron chi connectivity index (χ0n) is 10.6. The number of nitrogens with zero attached hydrogens (tertiary/aromatic N) is 1. The molecule has 0 N–H and O–H groups in total. The molecule has 4 nitrogen and oxygen atoms in total. The molecule has 2 rings (SSSR count). The summed E-state index contributed by atoms with van der Waals surface area (Å²) < 4.78 is 5.27. The van der Waals surface area contributed by atoms with Crippen molar-refractivity contribution in [3.8, 4) is 5.75 Å². The first-order valence-electron chi connectivity index (χ1n) is 5.57. The second-order valence-electron chi connectivity index (χ2n) is 3.85. The Hall–Kier alpha value is -2.07. The predicted molar refractivity (Wildman–Crippen MR) is 69.6 cm³/mol. The molecular weight excluding hydrogens is 230 g/mol. The molecule has 18 heavy (non-hydrogen) atoms. The largest absolute Gasteiger partial charge is 0.496 e. The first-order chi connectivity index (χ1) is 8.69. The lowest BCUT2D eigenvalue weighted by molar-refractivity contribution is -0.0757. The van der Waals surface area contributed by atoms with Crippen LogP contribution in [0.1, 0.15) is 10.4 Å². The Labute approximate surface area is 106 Å². The Morgan fingerprint density at radius 1 is 1.11 bits per heavy atom. The smallest absolute Gasteiger partial charge is 0.281 e. The van der Waals surface area contributed by atoms with E-state index in [4.69, 9.17) is 9.57 Å². The summed E-state index contributed by atoms with van der Waals surface area (Å²) in [5.74, 6) is 0.314. The van der Waals surface area contributed by atoms with Crippen molar-refractivity contribution in [2.24, 2.45) is 0 Å². The molecule has 0 aliphatic carbocycles. The van der Waals surface area contributed by atoms with Gasteiger partial charge in [0.15, 0.2) is 0 Å². The van der Waals surface area contributed by atoms with E-state index in [1.54, 1.807) is 20.2 Å². The SMILES string of the molecule is COc1ccc2ccccc2c1C(=O)N(C)OC. The van der Waals surface area contributed by atoms with Gasteiger partial charge in [-0.05, 0) is 16.8 Å². The zero-order valence-corrected chi connectivity index (χ0v) is 10.6. The Morgan fingerprint density at radius 2 is 1.83 bits per heavy atom. The third-order valence-electron chi connectivity index (χ3n) is 2.88. The van der Waals surface area contributed by atoms with Crippen LogP contribution in [0.4, 0.5) is 0 Å². The molecular formula is C14H15NO3. The molecule has 0 radical (unpaired) electrons. The average molecular weight is 245 g/mol. The molecule has 0 spiro atoms. The summed E-state index contributed by atoms with van der Waals surface area (Å²) >= 11 is 0. The highest BCUT2D eigenvalue weighted by Crippen LogP contribution is 2.28. The first-order valence-corrected chi connectivity index (χ1v) is 5.57. The maximum absolute atomic E-state index is 12.3. The Bertz CT molecular complexity index is 580. The van der Waals surface area contributed by atoms with Gasteiger partial charge in [0.25, 0.3) is 5.91 Å². The van der Waals surface area contributed by atoms with Gasteiger partial charge in [0.2, 0.25) is 0 Å². The number of benzene rings is 2. The molecule has 0 heterocycles. The first kappa shape index (κ1) is 12.4. The van der Waals surface area contributed by atoms with E-state index >= 15 is 0 Å². The van der Waals surface area contributed by atoms with Crippen molar-refractivity contribution in [1.29, 1.82) is 0 Å². The normalized spacial score (nSPS) is 10.4. The maximum Gasteiger partial charge on any atom is 0.281 e. The molecule has 0 saturated heterocycles. The molecule has 0 aliphatic heterocycles. The van der Waals surface area contributed by atoms with E-state index in [9.17, 15) is 4.79 Å². The van der Waals surface area contributed by atoms with Gasteiger partial charge in [-0.2, -0.15) is 0 Å². The van der Waals surface area contributed by atoms with E-state index in [2.05, 4.69) is 0 Å². The third-order valence-corrected chi connectivity index (χ3v) is 2.88. The van der Waals surface area contributed by atoms with Crippen molar-refractivity contribution in [3.05, 3.63) is 42.0 Å². The molecule has 4 heteroatoms. The summed E-state index contributed by atoms with van der Waals surface area (Å²) in [6.07, 6.45) is 0. The van der Waals surface area contributed by atoms with Crippen molar-refractivity contribution in [2.45, 2.75) is 0 Å². The van der Waals surface area contributed by atoms with E-state index in [1.807, 2.05) is 30.3 Å². The van der Waals surface area contributed by atoms with Gasteiger partial charge in [-0.3, -0.25) is 9.63 Å². The highest BCUT2D eigenvalue weighted by atomic mass is 16.7. The molecule has 0 atom stereocenters. The van der Waals surface area contributed by atoms with Crippen LogP contribution >= 0.6 is 0 Å². The van der Waals surface area contributed by atoms with Crippen LogP contribution in [-0.2, 0) is 4.84 Å². The highest BCUT2D eigenvalue weighted by Gasteiger charge is 2.19. The van der Waals surface area contributed by atoms with Gasteiger partial charge < -0.3 is 4.74 Å². The van der Waals surface area contributed by atoms with Crippen LogP contribution in [0.5, 0.6) is 5.75 Å². The number of rotatable bonds is 3. The highest BCUT2D eigenvalue weighted by molar-refractivity contribution is 6.09. The lowest BCUT2D eigenvalue weighted by atomic mass is 10.0. The second kappa shape index (κ2) is 5.06. The molecule has 0 unspecified atom stereocenters. The van der Waals surface area contributed by atoms with Crippen molar-refractivity contribution in [2.75, 3.05) is 21.3 Å². The Morgan fingerprint density at radius 3 is 2.50 bits per heavy atom. The summed E-state index contributed by atoms with van der Waals surface area (Å²) in [7, 11) is 4.58. The van der Waals surface area contributed by atoms with Crippen LogP contribution in [0.25, 0.3) is 10.8 Å². The number of fused-ring (bicyclic) bond motifs is 1. The van der Waals surface area contributed by atoms with Crippen LogP contribution in [0.3, 0.4) is 0 Å². The molecule has 94 valence electrons. The summed E-state index contributed by atoms with van der Waals surface area (Å²) in [5.41, 5.74) is 0.514. The number of carbonyl (C=O) groups is 1. The lowest BCUT2D eigenvalue weighted by Gasteiger charge is -2.17. The zero-order chi connectivity index (χ0) is 13.1. The fourth-order valence-electron chi connectivity index (χ4n) is 1.88. The standard InChI is InChI=1S/C14H15NO3/c1-15(18-3)14(16)13-11-7-5-4-6-10(11)8-9-12(13)17-2/h4-9H,1-3H3. The van der Waals surface area contributed by atoms with Crippen molar-refractivity contribution >= 4 is 16.7 Å². The monoisotopic (exact) mass is 245 g/mol. The minimum atomic E-state index is -0.230. The molecule has 0 bridgehead atoms. The number of hydrogen-bond acceptors (Lipinski definition) is 3. The van der Waals surface area contributed by atoms with E-state index in [-0.39, 0.29) is 5.91 Å². The summed E-state index contributed by atoms with van der Waals surface area (Å²) in [6.45, 7) is 0. The number of hydrogen-bond donors (Lipinski definition) is 0. The predicted octanol–water partition coefficient (Wildman–Crippen LogP) is 2.48. The van der Waals surface area contributed by atoms with Crippen molar-refractivity contribution in [3.63, 3.8) is 0 Å².